The largest absolute Gasteiger partial charge is 0.457 e. The minimum absolute atomic E-state index is 0.787. The molecule has 2 aromatic heterocycles. The van der Waals surface area contributed by atoms with Crippen molar-refractivity contribution in [1.82, 2.24) is 9.97 Å². The number of benzene rings is 3. The fourth-order valence-corrected chi connectivity index (χ4v) is 4.08. The quantitative estimate of drug-likeness (QED) is 0.352. The number of hydrogen-bond donors (Lipinski definition) is 1. The Morgan fingerprint density at radius 3 is 2.17 bits per heavy atom. The number of ether oxygens (including phenoxy) is 1. The highest BCUT2D eigenvalue weighted by atomic mass is 32.1. The summed E-state index contributed by atoms with van der Waals surface area (Å²) in [5, 5.41) is 6.61. The van der Waals surface area contributed by atoms with Crippen molar-refractivity contribution >= 4 is 33.1 Å². The molecule has 5 heteroatoms. The average molecular weight is 395 g/mol. The van der Waals surface area contributed by atoms with E-state index in [1.54, 1.807) is 17.7 Å². The monoisotopic (exact) mass is 395 g/mol. The summed E-state index contributed by atoms with van der Waals surface area (Å²) in [4.78, 5) is 9.91. The van der Waals surface area contributed by atoms with E-state index in [1.165, 1.54) is 0 Å². The minimum atomic E-state index is 0.787. The van der Waals surface area contributed by atoms with Gasteiger partial charge < -0.3 is 10.1 Å². The van der Waals surface area contributed by atoms with Crippen molar-refractivity contribution in [3.05, 3.63) is 96.6 Å². The lowest BCUT2D eigenvalue weighted by Crippen LogP contribution is -1.95. The zero-order chi connectivity index (χ0) is 19.5. The van der Waals surface area contributed by atoms with Crippen LogP contribution in [0.2, 0.25) is 0 Å². The van der Waals surface area contributed by atoms with Crippen molar-refractivity contribution in [2.24, 2.45) is 0 Å². The Balaban J connectivity index is 1.44. The van der Waals surface area contributed by atoms with E-state index in [9.17, 15) is 0 Å². The van der Waals surface area contributed by atoms with Crippen LogP contribution in [0.15, 0.2) is 96.6 Å². The number of aromatic nitrogens is 2. The molecule has 0 spiro atoms. The molecule has 4 nitrogen and oxygen atoms in total. The summed E-state index contributed by atoms with van der Waals surface area (Å²) in [6, 6.07) is 27.9. The molecule has 0 amide bonds. The molecule has 0 aliphatic heterocycles. The number of thiophene rings is 1. The molecule has 0 saturated carbocycles. The summed E-state index contributed by atoms with van der Waals surface area (Å²) >= 11 is 1.63. The van der Waals surface area contributed by atoms with Crippen LogP contribution in [0.25, 0.3) is 21.3 Å². The molecule has 0 aliphatic rings. The lowest BCUT2D eigenvalue weighted by Gasteiger charge is -2.10. The van der Waals surface area contributed by atoms with Gasteiger partial charge in [-0.2, -0.15) is 0 Å². The summed E-state index contributed by atoms with van der Waals surface area (Å²) in [5.41, 5.74) is 3.23. The molecule has 0 unspecified atom stereocenters. The van der Waals surface area contributed by atoms with Crippen molar-refractivity contribution in [1.29, 1.82) is 0 Å². The SMILES string of the molecule is c1ccc(Oc2ccc(Nc3ncnc4scc(-c5ccccc5)c34)cc2)cc1. The van der Waals surface area contributed by atoms with Gasteiger partial charge in [-0.25, -0.2) is 9.97 Å². The maximum Gasteiger partial charge on any atom is 0.143 e. The van der Waals surface area contributed by atoms with E-state index in [4.69, 9.17) is 4.74 Å². The third kappa shape index (κ3) is 3.68. The van der Waals surface area contributed by atoms with Gasteiger partial charge in [0.2, 0.25) is 0 Å². The third-order valence-corrected chi connectivity index (χ3v) is 5.44. The third-order valence-electron chi connectivity index (χ3n) is 4.55. The molecule has 5 aromatic rings. The number of hydrogen-bond acceptors (Lipinski definition) is 5. The highest BCUT2D eigenvalue weighted by Crippen LogP contribution is 2.37. The zero-order valence-corrected chi connectivity index (χ0v) is 16.3. The Labute approximate surface area is 172 Å². The lowest BCUT2D eigenvalue weighted by molar-refractivity contribution is 0.483. The topological polar surface area (TPSA) is 47.0 Å². The Morgan fingerprint density at radius 2 is 1.41 bits per heavy atom. The van der Waals surface area contributed by atoms with E-state index < -0.39 is 0 Å². The molecule has 0 aliphatic carbocycles. The summed E-state index contributed by atoms with van der Waals surface area (Å²) in [7, 11) is 0. The molecular formula is C24H17N3OS. The molecule has 29 heavy (non-hydrogen) atoms. The standard InChI is InChI=1S/C24H17N3OS/c1-3-7-17(8-4-1)21-15-29-24-22(21)23(25-16-26-24)27-18-11-13-20(14-12-18)28-19-9-5-2-6-10-19/h1-16H,(H,25,26,27). The Hall–Kier alpha value is -3.70. The van der Waals surface area contributed by atoms with Crippen LogP contribution in [0.4, 0.5) is 11.5 Å². The Bertz CT molecular complexity index is 1240. The van der Waals surface area contributed by atoms with Crippen molar-refractivity contribution in [2.45, 2.75) is 0 Å². The highest BCUT2D eigenvalue weighted by Gasteiger charge is 2.13. The van der Waals surface area contributed by atoms with E-state index in [1.807, 2.05) is 72.8 Å². The van der Waals surface area contributed by atoms with Gasteiger partial charge in [-0.3, -0.25) is 0 Å². The molecule has 1 N–H and O–H groups in total. The van der Waals surface area contributed by atoms with Crippen LogP contribution < -0.4 is 10.1 Å². The number of para-hydroxylation sites is 1. The van der Waals surface area contributed by atoms with Gasteiger partial charge in [-0.15, -0.1) is 11.3 Å². The molecule has 0 bridgehead atoms. The van der Waals surface area contributed by atoms with Crippen LogP contribution in [0.5, 0.6) is 11.5 Å². The fourth-order valence-electron chi connectivity index (χ4n) is 3.17. The molecule has 2 heterocycles. The lowest BCUT2D eigenvalue weighted by atomic mass is 10.1. The van der Waals surface area contributed by atoms with E-state index in [0.29, 0.717) is 0 Å². The number of nitrogens with one attached hydrogen (secondary N) is 1. The molecule has 0 fully saturated rings. The minimum Gasteiger partial charge on any atom is -0.457 e. The first-order valence-corrected chi connectivity index (χ1v) is 10.1. The number of rotatable bonds is 5. The average Bonchev–Trinajstić information content (AvgIpc) is 3.22. The van der Waals surface area contributed by atoms with Crippen LogP contribution in [0, 0.1) is 0 Å². The summed E-state index contributed by atoms with van der Waals surface area (Å²) in [5.74, 6) is 2.40. The van der Waals surface area contributed by atoms with Crippen LogP contribution in [-0.2, 0) is 0 Å². The van der Waals surface area contributed by atoms with Crippen LogP contribution >= 0.6 is 11.3 Å². The Morgan fingerprint density at radius 1 is 0.724 bits per heavy atom. The first kappa shape index (κ1) is 17.4. The normalized spacial score (nSPS) is 10.8. The summed E-state index contributed by atoms with van der Waals surface area (Å²) < 4.78 is 5.87. The first-order valence-electron chi connectivity index (χ1n) is 9.24. The van der Waals surface area contributed by atoms with Crippen molar-refractivity contribution in [3.8, 4) is 22.6 Å². The molecule has 5 rings (SSSR count). The Kier molecular flexibility index (Phi) is 4.64. The van der Waals surface area contributed by atoms with Gasteiger partial charge in [0.25, 0.3) is 0 Å². The maximum absolute atomic E-state index is 5.87. The van der Waals surface area contributed by atoms with Gasteiger partial charge in [-0.1, -0.05) is 48.5 Å². The molecule has 0 saturated heterocycles. The van der Waals surface area contributed by atoms with Gasteiger partial charge in [-0.05, 0) is 42.0 Å². The van der Waals surface area contributed by atoms with Crippen LogP contribution in [-0.4, -0.2) is 9.97 Å². The number of nitrogens with zero attached hydrogens (tertiary/aromatic N) is 2. The second kappa shape index (κ2) is 7.73. The predicted molar refractivity (Wildman–Crippen MR) is 119 cm³/mol. The van der Waals surface area contributed by atoms with Crippen molar-refractivity contribution < 1.29 is 4.74 Å². The predicted octanol–water partition coefficient (Wildman–Crippen LogP) is 6.89. The maximum atomic E-state index is 5.87. The van der Waals surface area contributed by atoms with Gasteiger partial charge in [0.15, 0.2) is 0 Å². The molecule has 3 aromatic carbocycles. The van der Waals surface area contributed by atoms with Gasteiger partial charge >= 0.3 is 0 Å². The van der Waals surface area contributed by atoms with Crippen LogP contribution in [0.3, 0.4) is 0 Å². The van der Waals surface area contributed by atoms with Gasteiger partial charge in [0.1, 0.15) is 28.5 Å². The van der Waals surface area contributed by atoms with E-state index in [-0.39, 0.29) is 0 Å². The second-order valence-electron chi connectivity index (χ2n) is 6.48. The smallest absolute Gasteiger partial charge is 0.143 e. The van der Waals surface area contributed by atoms with Crippen molar-refractivity contribution in [3.63, 3.8) is 0 Å². The van der Waals surface area contributed by atoms with Gasteiger partial charge in [0.05, 0.1) is 5.39 Å². The van der Waals surface area contributed by atoms with E-state index in [2.05, 4.69) is 32.8 Å². The van der Waals surface area contributed by atoms with E-state index in [0.717, 1.165) is 44.3 Å². The van der Waals surface area contributed by atoms with E-state index >= 15 is 0 Å². The van der Waals surface area contributed by atoms with Gasteiger partial charge in [0, 0.05) is 16.6 Å². The second-order valence-corrected chi connectivity index (χ2v) is 7.34. The molecule has 0 atom stereocenters. The zero-order valence-electron chi connectivity index (χ0n) is 15.4. The summed E-state index contributed by atoms with van der Waals surface area (Å²) in [6.07, 6.45) is 1.60. The summed E-state index contributed by atoms with van der Waals surface area (Å²) in [6.45, 7) is 0. The number of fused-ring (bicyclic) bond motifs is 1. The van der Waals surface area contributed by atoms with Crippen molar-refractivity contribution in [2.75, 3.05) is 5.32 Å². The molecule has 0 radical (unpaired) electrons. The number of anilines is 2. The highest BCUT2D eigenvalue weighted by molar-refractivity contribution is 7.17. The molecular weight excluding hydrogens is 378 g/mol. The van der Waals surface area contributed by atoms with Crippen LogP contribution in [0.1, 0.15) is 0 Å². The first-order chi connectivity index (χ1) is 14.4. The molecule has 140 valence electrons. The fraction of sp³-hybridized carbons (Fsp3) is 0.